The number of hydrogen-bond acceptors (Lipinski definition) is 3. The van der Waals surface area contributed by atoms with E-state index in [2.05, 4.69) is 12.2 Å². The minimum absolute atomic E-state index is 0.285. The number of aliphatic carboxylic acids is 1. The molecule has 18 heavy (non-hydrogen) atoms. The number of nitrogens with one attached hydrogen (secondary N) is 1. The average Bonchev–Trinajstić information content (AvgIpc) is 3.02. The first-order valence-corrected chi connectivity index (χ1v) is 6.42. The summed E-state index contributed by atoms with van der Waals surface area (Å²) in [6.45, 7) is 2.07. The first-order chi connectivity index (χ1) is 8.56. The second-order valence-corrected chi connectivity index (χ2v) is 4.96. The van der Waals surface area contributed by atoms with Crippen molar-refractivity contribution in [3.8, 4) is 0 Å². The summed E-state index contributed by atoms with van der Waals surface area (Å²) in [7, 11) is 0. The van der Waals surface area contributed by atoms with Gasteiger partial charge in [0, 0.05) is 6.04 Å². The van der Waals surface area contributed by atoms with E-state index in [0.717, 1.165) is 19.3 Å². The molecule has 2 fully saturated rings. The molecule has 2 rings (SSSR count). The summed E-state index contributed by atoms with van der Waals surface area (Å²) >= 11 is 0. The summed E-state index contributed by atoms with van der Waals surface area (Å²) in [6, 6.07) is -1.21. The lowest BCUT2D eigenvalue weighted by molar-refractivity contribution is -0.139. The number of carbonyl (C=O) groups is 3. The number of hydrogen-bond donors (Lipinski definition) is 2. The molecule has 1 heterocycles. The van der Waals surface area contributed by atoms with Crippen molar-refractivity contribution in [2.45, 2.75) is 51.1 Å². The van der Waals surface area contributed by atoms with Crippen LogP contribution in [0.15, 0.2) is 0 Å². The molecule has 6 nitrogen and oxygen atoms in total. The van der Waals surface area contributed by atoms with E-state index in [1.807, 2.05) is 0 Å². The highest BCUT2D eigenvalue weighted by Gasteiger charge is 2.54. The Bertz CT molecular complexity index is 382. The number of carboxylic acid groups (broad SMARTS) is 1. The Hall–Kier alpha value is -1.59. The Labute approximate surface area is 105 Å². The van der Waals surface area contributed by atoms with Crippen LogP contribution in [0.3, 0.4) is 0 Å². The monoisotopic (exact) mass is 254 g/mol. The van der Waals surface area contributed by atoms with Crippen molar-refractivity contribution in [2.75, 3.05) is 0 Å². The van der Waals surface area contributed by atoms with Gasteiger partial charge in [0.25, 0.3) is 5.91 Å². The first kappa shape index (κ1) is 12.9. The lowest BCUT2D eigenvalue weighted by Crippen LogP contribution is -2.38. The summed E-state index contributed by atoms with van der Waals surface area (Å²) in [5, 5.41) is 11.2. The number of rotatable bonds is 6. The lowest BCUT2D eigenvalue weighted by atomic mass is 10.1. The topological polar surface area (TPSA) is 86.7 Å². The molecule has 2 aliphatic rings. The van der Waals surface area contributed by atoms with Crippen LogP contribution in [0.1, 0.15) is 39.0 Å². The SMILES string of the molecule is CCCCCC1C(=O)NC(=O)N1C1CC1C(=O)O. The fourth-order valence-electron chi connectivity index (χ4n) is 2.52. The van der Waals surface area contributed by atoms with Crippen molar-refractivity contribution in [1.82, 2.24) is 10.2 Å². The standard InChI is InChI=1S/C12H18N2O4/c1-2-3-4-5-8-10(15)13-12(18)14(8)9-6-7(9)11(16)17/h7-9H,2-6H2,1H3,(H,16,17)(H,13,15,18). The molecule has 100 valence electrons. The van der Waals surface area contributed by atoms with Crippen LogP contribution in [0.2, 0.25) is 0 Å². The molecule has 1 aliphatic heterocycles. The second-order valence-electron chi connectivity index (χ2n) is 4.96. The van der Waals surface area contributed by atoms with Gasteiger partial charge >= 0.3 is 12.0 Å². The van der Waals surface area contributed by atoms with Crippen LogP contribution < -0.4 is 5.32 Å². The van der Waals surface area contributed by atoms with Crippen LogP contribution in [-0.4, -0.2) is 40.0 Å². The number of urea groups is 1. The fourth-order valence-corrected chi connectivity index (χ4v) is 2.52. The minimum Gasteiger partial charge on any atom is -0.481 e. The number of nitrogens with zero attached hydrogens (tertiary/aromatic N) is 1. The van der Waals surface area contributed by atoms with Gasteiger partial charge in [-0.1, -0.05) is 26.2 Å². The highest BCUT2D eigenvalue weighted by Crippen LogP contribution is 2.39. The average molecular weight is 254 g/mol. The molecular formula is C12H18N2O4. The quantitative estimate of drug-likeness (QED) is 0.546. The van der Waals surface area contributed by atoms with Crippen LogP contribution in [-0.2, 0) is 9.59 Å². The molecule has 0 aromatic carbocycles. The highest BCUT2D eigenvalue weighted by atomic mass is 16.4. The van der Waals surface area contributed by atoms with Crippen molar-refractivity contribution >= 4 is 17.9 Å². The third-order valence-corrected chi connectivity index (χ3v) is 3.62. The molecule has 2 N–H and O–H groups in total. The lowest BCUT2D eigenvalue weighted by Gasteiger charge is -2.21. The van der Waals surface area contributed by atoms with Gasteiger partial charge in [-0.05, 0) is 12.8 Å². The second kappa shape index (κ2) is 4.96. The van der Waals surface area contributed by atoms with E-state index < -0.39 is 24.0 Å². The van der Waals surface area contributed by atoms with E-state index in [-0.39, 0.29) is 11.9 Å². The number of imide groups is 1. The van der Waals surface area contributed by atoms with Crippen molar-refractivity contribution in [3.63, 3.8) is 0 Å². The first-order valence-electron chi connectivity index (χ1n) is 6.42. The molecular weight excluding hydrogens is 236 g/mol. The van der Waals surface area contributed by atoms with Crippen LogP contribution in [0, 0.1) is 5.92 Å². The van der Waals surface area contributed by atoms with E-state index in [1.54, 1.807) is 0 Å². The molecule has 0 aromatic heterocycles. The summed E-state index contributed by atoms with van der Waals surface area (Å²) in [5.41, 5.74) is 0. The molecule has 0 spiro atoms. The summed E-state index contributed by atoms with van der Waals surface area (Å²) < 4.78 is 0. The Morgan fingerprint density at radius 1 is 1.44 bits per heavy atom. The zero-order valence-electron chi connectivity index (χ0n) is 10.4. The summed E-state index contributed by atoms with van der Waals surface area (Å²) in [6.07, 6.45) is 4.01. The van der Waals surface area contributed by atoms with Crippen LogP contribution in [0.4, 0.5) is 4.79 Å². The maximum Gasteiger partial charge on any atom is 0.325 e. The number of carboxylic acids is 1. The molecule has 1 aliphatic carbocycles. The molecule has 0 bridgehead atoms. The molecule has 3 unspecified atom stereocenters. The van der Waals surface area contributed by atoms with Crippen molar-refractivity contribution < 1.29 is 19.5 Å². The fraction of sp³-hybridized carbons (Fsp3) is 0.750. The van der Waals surface area contributed by atoms with Gasteiger partial charge in [0.05, 0.1) is 5.92 Å². The van der Waals surface area contributed by atoms with E-state index in [1.165, 1.54) is 4.90 Å². The smallest absolute Gasteiger partial charge is 0.325 e. The highest BCUT2D eigenvalue weighted by molar-refractivity contribution is 6.04. The zero-order valence-corrected chi connectivity index (χ0v) is 10.4. The predicted octanol–water partition coefficient (Wildman–Crippen LogP) is 0.960. The maximum absolute atomic E-state index is 11.7. The predicted molar refractivity (Wildman–Crippen MR) is 62.8 cm³/mol. The Balaban J connectivity index is 1.99. The van der Waals surface area contributed by atoms with Gasteiger partial charge in [-0.2, -0.15) is 0 Å². The third kappa shape index (κ3) is 2.32. The van der Waals surface area contributed by atoms with Crippen molar-refractivity contribution in [3.05, 3.63) is 0 Å². The molecule has 0 aromatic rings. The Morgan fingerprint density at radius 3 is 2.72 bits per heavy atom. The normalized spacial score (nSPS) is 30.5. The molecule has 1 saturated carbocycles. The van der Waals surface area contributed by atoms with Crippen LogP contribution >= 0.6 is 0 Å². The van der Waals surface area contributed by atoms with Crippen molar-refractivity contribution in [1.29, 1.82) is 0 Å². The zero-order chi connectivity index (χ0) is 13.3. The minimum atomic E-state index is -0.889. The number of carbonyl (C=O) groups excluding carboxylic acids is 2. The Morgan fingerprint density at radius 2 is 2.17 bits per heavy atom. The maximum atomic E-state index is 11.7. The Kier molecular flexibility index (Phi) is 3.54. The number of unbranched alkanes of at least 4 members (excludes halogenated alkanes) is 2. The van der Waals surface area contributed by atoms with Crippen molar-refractivity contribution in [2.24, 2.45) is 5.92 Å². The van der Waals surface area contributed by atoms with Gasteiger partial charge in [0.2, 0.25) is 0 Å². The van der Waals surface area contributed by atoms with Gasteiger partial charge in [-0.3, -0.25) is 14.9 Å². The molecule has 3 amide bonds. The van der Waals surface area contributed by atoms with Gasteiger partial charge in [-0.25, -0.2) is 4.79 Å². The van der Waals surface area contributed by atoms with E-state index in [4.69, 9.17) is 5.11 Å². The van der Waals surface area contributed by atoms with Gasteiger partial charge in [-0.15, -0.1) is 0 Å². The summed E-state index contributed by atoms with van der Waals surface area (Å²) in [5.74, 6) is -1.68. The van der Waals surface area contributed by atoms with Crippen LogP contribution in [0.5, 0.6) is 0 Å². The third-order valence-electron chi connectivity index (χ3n) is 3.62. The van der Waals surface area contributed by atoms with Gasteiger partial charge < -0.3 is 10.0 Å². The number of amides is 3. The molecule has 6 heteroatoms. The van der Waals surface area contributed by atoms with E-state index in [9.17, 15) is 14.4 Å². The molecule has 3 atom stereocenters. The largest absolute Gasteiger partial charge is 0.481 e. The van der Waals surface area contributed by atoms with Crippen LogP contribution in [0.25, 0.3) is 0 Å². The summed E-state index contributed by atoms with van der Waals surface area (Å²) in [4.78, 5) is 35.6. The van der Waals surface area contributed by atoms with Gasteiger partial charge in [0.15, 0.2) is 0 Å². The van der Waals surface area contributed by atoms with E-state index in [0.29, 0.717) is 12.8 Å². The molecule has 0 radical (unpaired) electrons. The molecule has 1 saturated heterocycles. The van der Waals surface area contributed by atoms with Gasteiger partial charge in [0.1, 0.15) is 6.04 Å². The van der Waals surface area contributed by atoms with E-state index >= 15 is 0 Å².